The van der Waals surface area contributed by atoms with Crippen LogP contribution in [0.25, 0.3) is 16.9 Å². The van der Waals surface area contributed by atoms with Crippen LogP contribution in [0.3, 0.4) is 0 Å². The van der Waals surface area contributed by atoms with Gasteiger partial charge >= 0.3 is 0 Å². The van der Waals surface area contributed by atoms with Crippen LogP contribution in [0.15, 0.2) is 36.7 Å². The lowest BCUT2D eigenvalue weighted by atomic mass is 10.1. The Balaban J connectivity index is 2.19. The molecular formula is C16H13FN2O. The minimum absolute atomic E-state index is 0.225. The topological polar surface area (TPSA) is 34.4 Å². The quantitative estimate of drug-likeness (QED) is 0.666. The molecule has 0 atom stereocenters. The highest BCUT2D eigenvalue weighted by Crippen LogP contribution is 2.23. The maximum Gasteiger partial charge on any atom is 0.151 e. The number of pyridine rings is 1. The Hall–Kier alpha value is -2.49. The largest absolute Gasteiger partial charge is 0.306 e. The third-order valence-electron chi connectivity index (χ3n) is 3.35. The zero-order chi connectivity index (χ0) is 14.3. The maximum absolute atomic E-state index is 13.3. The van der Waals surface area contributed by atoms with E-state index >= 15 is 0 Å². The van der Waals surface area contributed by atoms with Crippen molar-refractivity contribution >= 4 is 11.9 Å². The first-order valence-corrected chi connectivity index (χ1v) is 6.29. The molecule has 3 aromatic rings. The molecule has 0 aliphatic rings. The predicted molar refractivity (Wildman–Crippen MR) is 75.4 cm³/mol. The van der Waals surface area contributed by atoms with E-state index in [4.69, 9.17) is 0 Å². The number of hydrogen-bond acceptors (Lipinski definition) is 2. The van der Waals surface area contributed by atoms with Crippen molar-refractivity contribution in [3.05, 3.63) is 59.2 Å². The Kier molecular flexibility index (Phi) is 2.86. The molecule has 0 amide bonds. The maximum atomic E-state index is 13.3. The van der Waals surface area contributed by atoms with Crippen LogP contribution in [0.4, 0.5) is 4.39 Å². The molecule has 20 heavy (non-hydrogen) atoms. The lowest BCUT2D eigenvalue weighted by Gasteiger charge is -1.99. The molecule has 0 saturated heterocycles. The molecule has 0 radical (unpaired) electrons. The number of aldehydes is 1. The Labute approximate surface area is 115 Å². The third-order valence-corrected chi connectivity index (χ3v) is 3.35. The van der Waals surface area contributed by atoms with Gasteiger partial charge in [0.05, 0.1) is 5.69 Å². The van der Waals surface area contributed by atoms with Crippen LogP contribution in [0.1, 0.15) is 21.5 Å². The number of hydrogen-bond donors (Lipinski definition) is 0. The van der Waals surface area contributed by atoms with Crippen molar-refractivity contribution in [3.63, 3.8) is 0 Å². The number of imidazole rings is 1. The fraction of sp³-hybridized carbons (Fsp3) is 0.125. The summed E-state index contributed by atoms with van der Waals surface area (Å²) in [4.78, 5) is 15.4. The van der Waals surface area contributed by atoms with Gasteiger partial charge in [-0.3, -0.25) is 4.79 Å². The van der Waals surface area contributed by atoms with E-state index in [9.17, 15) is 9.18 Å². The summed E-state index contributed by atoms with van der Waals surface area (Å²) >= 11 is 0. The SMILES string of the molecule is Cc1cc(-c2cn3cc(C=O)cc(C)c3n2)ccc1F. The van der Waals surface area contributed by atoms with Gasteiger partial charge in [-0.15, -0.1) is 0 Å². The lowest BCUT2D eigenvalue weighted by molar-refractivity contribution is 0.112. The van der Waals surface area contributed by atoms with Gasteiger partial charge < -0.3 is 4.40 Å². The third kappa shape index (κ3) is 1.99. The summed E-state index contributed by atoms with van der Waals surface area (Å²) in [6, 6.07) is 6.72. The Morgan fingerprint density at radius 1 is 1.15 bits per heavy atom. The van der Waals surface area contributed by atoms with E-state index in [2.05, 4.69) is 4.98 Å². The number of rotatable bonds is 2. The highest BCUT2D eigenvalue weighted by molar-refractivity contribution is 5.76. The molecule has 0 bridgehead atoms. The van der Waals surface area contributed by atoms with E-state index in [1.165, 1.54) is 6.07 Å². The van der Waals surface area contributed by atoms with Crippen molar-refractivity contribution in [2.24, 2.45) is 0 Å². The van der Waals surface area contributed by atoms with Crippen LogP contribution < -0.4 is 0 Å². The summed E-state index contributed by atoms with van der Waals surface area (Å²) in [7, 11) is 0. The second-order valence-electron chi connectivity index (χ2n) is 4.90. The Morgan fingerprint density at radius 2 is 1.95 bits per heavy atom. The van der Waals surface area contributed by atoms with E-state index in [0.29, 0.717) is 11.1 Å². The van der Waals surface area contributed by atoms with Gasteiger partial charge in [0.15, 0.2) is 6.29 Å². The fourth-order valence-electron chi connectivity index (χ4n) is 2.30. The first-order valence-electron chi connectivity index (χ1n) is 6.29. The Bertz CT molecular complexity index is 821. The lowest BCUT2D eigenvalue weighted by Crippen LogP contribution is -1.91. The minimum Gasteiger partial charge on any atom is -0.306 e. The second kappa shape index (κ2) is 4.56. The average Bonchev–Trinajstić information content (AvgIpc) is 2.86. The smallest absolute Gasteiger partial charge is 0.151 e. The highest BCUT2D eigenvalue weighted by atomic mass is 19.1. The number of halogens is 1. The van der Waals surface area contributed by atoms with Crippen molar-refractivity contribution < 1.29 is 9.18 Å². The number of nitrogens with zero attached hydrogens (tertiary/aromatic N) is 2. The molecule has 0 spiro atoms. The van der Waals surface area contributed by atoms with Crippen molar-refractivity contribution in [3.8, 4) is 11.3 Å². The number of aryl methyl sites for hydroxylation is 2. The van der Waals surface area contributed by atoms with E-state index in [0.717, 1.165) is 28.8 Å². The zero-order valence-corrected chi connectivity index (χ0v) is 11.2. The molecule has 1 aromatic carbocycles. The predicted octanol–water partition coefficient (Wildman–Crippen LogP) is 3.57. The van der Waals surface area contributed by atoms with E-state index < -0.39 is 0 Å². The monoisotopic (exact) mass is 268 g/mol. The van der Waals surface area contributed by atoms with Gasteiger partial charge in [-0.05, 0) is 49.2 Å². The summed E-state index contributed by atoms with van der Waals surface area (Å²) in [6.45, 7) is 3.64. The number of aromatic nitrogens is 2. The van der Waals surface area contributed by atoms with E-state index in [1.54, 1.807) is 31.3 Å². The summed E-state index contributed by atoms with van der Waals surface area (Å²) < 4.78 is 15.1. The minimum atomic E-state index is -0.225. The van der Waals surface area contributed by atoms with Gasteiger partial charge in [-0.25, -0.2) is 9.37 Å². The van der Waals surface area contributed by atoms with Gasteiger partial charge in [0.1, 0.15) is 11.5 Å². The highest BCUT2D eigenvalue weighted by Gasteiger charge is 2.09. The number of carbonyl (C=O) groups excluding carboxylic acids is 1. The molecule has 0 N–H and O–H groups in total. The Morgan fingerprint density at radius 3 is 2.65 bits per heavy atom. The number of carbonyl (C=O) groups is 1. The van der Waals surface area contributed by atoms with Crippen molar-refractivity contribution in [2.45, 2.75) is 13.8 Å². The standard InChI is InChI=1S/C16H13FN2O/c1-10-6-13(3-4-14(10)17)15-8-19-7-12(9-20)5-11(2)16(19)18-15/h3-9H,1-2H3. The number of fused-ring (bicyclic) bond motifs is 1. The molecule has 2 aromatic heterocycles. The van der Waals surface area contributed by atoms with Crippen LogP contribution in [0.2, 0.25) is 0 Å². The van der Waals surface area contributed by atoms with Crippen molar-refractivity contribution in [1.82, 2.24) is 9.38 Å². The molecule has 2 heterocycles. The van der Waals surface area contributed by atoms with Crippen LogP contribution in [0, 0.1) is 19.7 Å². The summed E-state index contributed by atoms with van der Waals surface area (Å²) in [5.41, 5.74) is 4.55. The van der Waals surface area contributed by atoms with Crippen LogP contribution in [0.5, 0.6) is 0 Å². The van der Waals surface area contributed by atoms with Crippen LogP contribution >= 0.6 is 0 Å². The average molecular weight is 268 g/mol. The second-order valence-corrected chi connectivity index (χ2v) is 4.90. The zero-order valence-electron chi connectivity index (χ0n) is 11.2. The molecule has 3 nitrogen and oxygen atoms in total. The first kappa shape index (κ1) is 12.5. The molecule has 0 saturated carbocycles. The van der Waals surface area contributed by atoms with Gasteiger partial charge in [0.2, 0.25) is 0 Å². The number of benzene rings is 1. The van der Waals surface area contributed by atoms with Crippen LogP contribution in [-0.2, 0) is 0 Å². The summed E-state index contributed by atoms with van der Waals surface area (Å²) in [6.07, 6.45) is 4.40. The fourth-order valence-corrected chi connectivity index (χ4v) is 2.30. The van der Waals surface area contributed by atoms with E-state index in [1.807, 2.05) is 17.5 Å². The van der Waals surface area contributed by atoms with Gasteiger partial charge in [-0.1, -0.05) is 0 Å². The van der Waals surface area contributed by atoms with Crippen LogP contribution in [-0.4, -0.2) is 15.7 Å². The molecule has 0 fully saturated rings. The molecule has 0 aliphatic heterocycles. The normalized spacial score (nSPS) is 10.9. The molecule has 0 aliphatic carbocycles. The summed E-state index contributed by atoms with van der Waals surface area (Å²) in [5.74, 6) is -0.225. The molecular weight excluding hydrogens is 255 g/mol. The van der Waals surface area contributed by atoms with Gasteiger partial charge in [-0.2, -0.15) is 0 Å². The van der Waals surface area contributed by atoms with Gasteiger partial charge in [0, 0.05) is 23.5 Å². The first-order chi connectivity index (χ1) is 9.58. The molecule has 0 unspecified atom stereocenters. The van der Waals surface area contributed by atoms with E-state index in [-0.39, 0.29) is 5.82 Å². The molecule has 3 rings (SSSR count). The molecule has 100 valence electrons. The summed E-state index contributed by atoms with van der Waals surface area (Å²) in [5, 5.41) is 0. The van der Waals surface area contributed by atoms with Crippen molar-refractivity contribution in [2.75, 3.05) is 0 Å². The molecule has 4 heteroatoms. The van der Waals surface area contributed by atoms with Gasteiger partial charge in [0.25, 0.3) is 0 Å². The van der Waals surface area contributed by atoms with Crippen molar-refractivity contribution in [1.29, 1.82) is 0 Å².